The number of hydrogen-bond acceptors (Lipinski definition) is 4. The average molecular weight is 181 g/mol. The van der Waals surface area contributed by atoms with E-state index in [2.05, 4.69) is 9.97 Å². The molecule has 1 rings (SSSR count). The molecule has 0 aromatic carbocycles. The molecule has 0 amide bonds. The molecule has 0 unspecified atom stereocenters. The molecular formula is C8H11N3O2. The minimum Gasteiger partial charge on any atom is -0.477 e. The molecule has 0 aliphatic rings. The molecule has 5 heteroatoms. The summed E-state index contributed by atoms with van der Waals surface area (Å²) in [4.78, 5) is 18.1. The zero-order chi connectivity index (χ0) is 10.0. The highest BCUT2D eigenvalue weighted by Crippen LogP contribution is 2.13. The fraction of sp³-hybridized carbons (Fsp3) is 0.375. The monoisotopic (exact) mass is 181 g/mol. The Bertz CT molecular complexity index is 336. The predicted octanol–water partition coefficient (Wildman–Crippen LogP) is 0.880. The Morgan fingerprint density at radius 2 is 2.15 bits per heavy atom. The van der Waals surface area contributed by atoms with Gasteiger partial charge in [-0.3, -0.25) is 0 Å². The summed E-state index contributed by atoms with van der Waals surface area (Å²) in [5.74, 6) is -0.942. The number of nitrogen functional groups attached to an aromatic ring is 1. The minimum atomic E-state index is -1.09. The molecule has 0 saturated heterocycles. The third-order valence-corrected chi connectivity index (χ3v) is 1.57. The number of carbonyl (C=O) groups is 1. The van der Waals surface area contributed by atoms with E-state index in [1.54, 1.807) is 0 Å². The van der Waals surface area contributed by atoms with Crippen molar-refractivity contribution in [2.24, 2.45) is 0 Å². The molecule has 1 aromatic heterocycles. The van der Waals surface area contributed by atoms with E-state index in [1.807, 2.05) is 13.8 Å². The maximum Gasteiger partial charge on any atom is 0.354 e. The van der Waals surface area contributed by atoms with Crippen molar-refractivity contribution in [3.05, 3.63) is 17.5 Å². The molecule has 70 valence electrons. The van der Waals surface area contributed by atoms with E-state index in [1.165, 1.54) is 6.07 Å². The van der Waals surface area contributed by atoms with Crippen LogP contribution in [0.25, 0.3) is 0 Å². The number of rotatable bonds is 2. The van der Waals surface area contributed by atoms with Crippen LogP contribution in [-0.4, -0.2) is 21.0 Å². The van der Waals surface area contributed by atoms with E-state index in [9.17, 15) is 4.79 Å². The van der Waals surface area contributed by atoms with Gasteiger partial charge in [-0.05, 0) is 12.0 Å². The molecule has 0 atom stereocenters. The third-order valence-electron chi connectivity index (χ3n) is 1.57. The molecule has 0 radical (unpaired) electrons. The topological polar surface area (TPSA) is 89.1 Å². The lowest BCUT2D eigenvalue weighted by atomic mass is 10.1. The lowest BCUT2D eigenvalue weighted by Crippen LogP contribution is -2.08. The summed E-state index contributed by atoms with van der Waals surface area (Å²) in [5, 5.41) is 8.67. The Kier molecular flexibility index (Phi) is 2.46. The second-order valence-electron chi connectivity index (χ2n) is 3.00. The highest BCUT2D eigenvalue weighted by atomic mass is 16.4. The van der Waals surface area contributed by atoms with Crippen molar-refractivity contribution >= 4 is 11.9 Å². The SMILES string of the molecule is CC(C)c1cc(C(=O)O)nc(N)n1. The molecule has 0 spiro atoms. The van der Waals surface area contributed by atoms with Gasteiger partial charge >= 0.3 is 5.97 Å². The summed E-state index contributed by atoms with van der Waals surface area (Å²) >= 11 is 0. The molecular weight excluding hydrogens is 170 g/mol. The van der Waals surface area contributed by atoms with Crippen LogP contribution in [0.5, 0.6) is 0 Å². The van der Waals surface area contributed by atoms with E-state index >= 15 is 0 Å². The van der Waals surface area contributed by atoms with Gasteiger partial charge in [-0.25, -0.2) is 14.8 Å². The first-order valence-electron chi connectivity index (χ1n) is 3.88. The van der Waals surface area contributed by atoms with Crippen molar-refractivity contribution in [3.63, 3.8) is 0 Å². The maximum absolute atomic E-state index is 10.6. The number of carboxylic acids is 1. The van der Waals surface area contributed by atoms with Crippen LogP contribution < -0.4 is 5.73 Å². The van der Waals surface area contributed by atoms with E-state index in [-0.39, 0.29) is 17.6 Å². The molecule has 1 aromatic rings. The molecule has 0 fully saturated rings. The van der Waals surface area contributed by atoms with E-state index in [4.69, 9.17) is 10.8 Å². The van der Waals surface area contributed by atoms with Gasteiger partial charge in [0.2, 0.25) is 5.95 Å². The van der Waals surface area contributed by atoms with Crippen LogP contribution in [0.3, 0.4) is 0 Å². The normalized spacial score (nSPS) is 10.4. The first kappa shape index (κ1) is 9.44. The number of nitrogens with zero attached hydrogens (tertiary/aromatic N) is 2. The van der Waals surface area contributed by atoms with Gasteiger partial charge in [0.25, 0.3) is 0 Å². The number of nitrogens with two attached hydrogens (primary N) is 1. The Balaban J connectivity index is 3.19. The van der Waals surface area contributed by atoms with Crippen LogP contribution in [0.4, 0.5) is 5.95 Å². The molecule has 0 aliphatic heterocycles. The van der Waals surface area contributed by atoms with Gasteiger partial charge in [0.15, 0.2) is 5.69 Å². The number of aromatic carboxylic acids is 1. The van der Waals surface area contributed by atoms with Crippen LogP contribution in [0.1, 0.15) is 35.9 Å². The number of aromatic nitrogens is 2. The van der Waals surface area contributed by atoms with E-state index < -0.39 is 5.97 Å². The highest BCUT2D eigenvalue weighted by Gasteiger charge is 2.10. The number of anilines is 1. The lowest BCUT2D eigenvalue weighted by molar-refractivity contribution is 0.0690. The Morgan fingerprint density at radius 1 is 1.54 bits per heavy atom. The smallest absolute Gasteiger partial charge is 0.354 e. The van der Waals surface area contributed by atoms with Crippen molar-refractivity contribution < 1.29 is 9.90 Å². The van der Waals surface area contributed by atoms with Crippen LogP contribution >= 0.6 is 0 Å². The van der Waals surface area contributed by atoms with Crippen LogP contribution in [0.15, 0.2) is 6.07 Å². The summed E-state index contributed by atoms with van der Waals surface area (Å²) in [6, 6.07) is 1.43. The molecule has 5 nitrogen and oxygen atoms in total. The molecule has 1 heterocycles. The summed E-state index contributed by atoms with van der Waals surface area (Å²) < 4.78 is 0. The fourth-order valence-electron chi connectivity index (χ4n) is 0.891. The third kappa shape index (κ3) is 2.14. The zero-order valence-electron chi connectivity index (χ0n) is 7.48. The number of hydrogen-bond donors (Lipinski definition) is 2. The first-order valence-corrected chi connectivity index (χ1v) is 3.88. The quantitative estimate of drug-likeness (QED) is 0.706. The summed E-state index contributed by atoms with van der Waals surface area (Å²) in [5.41, 5.74) is 5.93. The summed E-state index contributed by atoms with van der Waals surface area (Å²) in [7, 11) is 0. The van der Waals surface area contributed by atoms with Gasteiger partial charge in [-0.15, -0.1) is 0 Å². The standard InChI is InChI=1S/C8H11N3O2/c1-4(2)5-3-6(7(12)13)11-8(9)10-5/h3-4H,1-2H3,(H,12,13)(H2,9,10,11). The Labute approximate surface area is 75.6 Å². The van der Waals surface area contributed by atoms with E-state index in [0.717, 1.165) is 0 Å². The highest BCUT2D eigenvalue weighted by molar-refractivity contribution is 5.85. The van der Waals surface area contributed by atoms with Crippen molar-refractivity contribution in [2.45, 2.75) is 19.8 Å². The predicted molar refractivity (Wildman–Crippen MR) is 47.5 cm³/mol. The van der Waals surface area contributed by atoms with Gasteiger partial charge in [-0.2, -0.15) is 0 Å². The van der Waals surface area contributed by atoms with Crippen LogP contribution in [0, 0.1) is 0 Å². The van der Waals surface area contributed by atoms with Crippen LogP contribution in [-0.2, 0) is 0 Å². The fourth-order valence-corrected chi connectivity index (χ4v) is 0.891. The van der Waals surface area contributed by atoms with Gasteiger partial charge in [0, 0.05) is 5.69 Å². The van der Waals surface area contributed by atoms with Crippen molar-refractivity contribution in [1.82, 2.24) is 9.97 Å². The second-order valence-corrected chi connectivity index (χ2v) is 3.00. The molecule has 13 heavy (non-hydrogen) atoms. The molecule has 3 N–H and O–H groups in total. The summed E-state index contributed by atoms with van der Waals surface area (Å²) in [6.07, 6.45) is 0. The van der Waals surface area contributed by atoms with Crippen molar-refractivity contribution in [2.75, 3.05) is 5.73 Å². The number of carboxylic acid groups (broad SMARTS) is 1. The van der Waals surface area contributed by atoms with E-state index in [0.29, 0.717) is 5.69 Å². The Hall–Kier alpha value is -1.65. The van der Waals surface area contributed by atoms with Gasteiger partial charge in [0.1, 0.15) is 0 Å². The van der Waals surface area contributed by atoms with Gasteiger partial charge in [0.05, 0.1) is 0 Å². The van der Waals surface area contributed by atoms with Crippen LogP contribution in [0.2, 0.25) is 0 Å². The Morgan fingerprint density at radius 3 is 2.62 bits per heavy atom. The second kappa shape index (κ2) is 3.38. The van der Waals surface area contributed by atoms with Crippen molar-refractivity contribution in [3.8, 4) is 0 Å². The summed E-state index contributed by atoms with van der Waals surface area (Å²) in [6.45, 7) is 3.82. The zero-order valence-corrected chi connectivity index (χ0v) is 7.48. The van der Waals surface area contributed by atoms with Crippen molar-refractivity contribution in [1.29, 1.82) is 0 Å². The average Bonchev–Trinajstić information content (AvgIpc) is 2.03. The minimum absolute atomic E-state index is 0.00333. The molecule has 0 bridgehead atoms. The molecule has 0 saturated carbocycles. The van der Waals surface area contributed by atoms with Gasteiger partial charge in [-0.1, -0.05) is 13.8 Å². The largest absolute Gasteiger partial charge is 0.477 e. The lowest BCUT2D eigenvalue weighted by Gasteiger charge is -2.05. The first-order chi connectivity index (χ1) is 6.00. The van der Waals surface area contributed by atoms with Gasteiger partial charge < -0.3 is 10.8 Å². The molecule has 0 aliphatic carbocycles. The maximum atomic E-state index is 10.6.